The van der Waals surface area contributed by atoms with E-state index in [0.29, 0.717) is 25.3 Å². The number of aliphatic hydroxyl groups is 1. The molecule has 0 aromatic heterocycles. The Morgan fingerprint density at radius 2 is 1.56 bits per heavy atom. The number of hydrogen-bond donors (Lipinski definition) is 1. The first-order valence-corrected chi connectivity index (χ1v) is 11.3. The molecule has 1 heterocycles. The van der Waals surface area contributed by atoms with Crippen LogP contribution in [0.15, 0.2) is 17.1 Å². The summed E-state index contributed by atoms with van der Waals surface area (Å²) in [5.41, 5.74) is 0. The Kier molecular flexibility index (Phi) is 14.0. The zero-order chi connectivity index (χ0) is 19.7. The number of carbonyl (C=O) groups is 1. The van der Waals surface area contributed by atoms with Crippen LogP contribution in [0.5, 0.6) is 0 Å². The number of Topliss-reactive ketones (excluding diaryl/α,β-unsaturated/α-hetero) is 1. The maximum absolute atomic E-state index is 12.2. The lowest BCUT2D eigenvalue weighted by molar-refractivity contribution is -0.114. The van der Waals surface area contributed by atoms with Gasteiger partial charge in [-0.05, 0) is 39.0 Å². The first kappa shape index (κ1) is 23.9. The van der Waals surface area contributed by atoms with Crippen molar-refractivity contribution in [1.82, 2.24) is 4.90 Å². The molecule has 0 radical (unpaired) electrons. The van der Waals surface area contributed by atoms with Gasteiger partial charge in [-0.15, -0.1) is 0 Å². The minimum absolute atomic E-state index is 0.0889. The largest absolute Gasteiger partial charge is 0.374 e. The molecule has 27 heavy (non-hydrogen) atoms. The summed E-state index contributed by atoms with van der Waals surface area (Å²) in [6.07, 6.45) is 21.0. The Labute approximate surface area is 167 Å². The number of nitrogens with zero attached hydrogens (tertiary/aromatic N) is 2. The second-order valence-electron chi connectivity index (χ2n) is 7.79. The summed E-state index contributed by atoms with van der Waals surface area (Å²) in [7, 11) is 0. The van der Waals surface area contributed by atoms with Gasteiger partial charge in [0, 0.05) is 13.0 Å². The Balaban J connectivity index is 1.90. The number of unbranched alkanes of at least 4 members (excludes halogenated alkanes) is 11. The molecule has 0 amide bonds. The van der Waals surface area contributed by atoms with Gasteiger partial charge in [0.05, 0.1) is 6.54 Å². The molecule has 0 spiro atoms. The van der Waals surface area contributed by atoms with Crippen molar-refractivity contribution in [2.75, 3.05) is 13.1 Å². The maximum Gasteiger partial charge on any atom is 0.197 e. The third-order valence-corrected chi connectivity index (χ3v) is 5.24. The second kappa shape index (κ2) is 15.9. The van der Waals surface area contributed by atoms with E-state index in [1.807, 2.05) is 0 Å². The maximum atomic E-state index is 12.2. The van der Waals surface area contributed by atoms with Crippen LogP contribution in [0, 0.1) is 0 Å². The van der Waals surface area contributed by atoms with Crippen molar-refractivity contribution in [3.63, 3.8) is 0 Å². The van der Waals surface area contributed by atoms with Gasteiger partial charge in [-0.3, -0.25) is 9.79 Å². The van der Waals surface area contributed by atoms with Crippen LogP contribution in [0.2, 0.25) is 0 Å². The molecule has 0 bridgehead atoms. The van der Waals surface area contributed by atoms with E-state index < -0.39 is 6.23 Å². The van der Waals surface area contributed by atoms with Gasteiger partial charge in [-0.2, -0.15) is 0 Å². The number of carbonyl (C=O) groups excluding carboxylic acids is 1. The smallest absolute Gasteiger partial charge is 0.197 e. The van der Waals surface area contributed by atoms with Crippen molar-refractivity contribution in [2.24, 2.45) is 4.99 Å². The van der Waals surface area contributed by atoms with E-state index in [-0.39, 0.29) is 5.78 Å². The summed E-state index contributed by atoms with van der Waals surface area (Å²) in [6, 6.07) is 0. The molecule has 1 aliphatic rings. The Morgan fingerprint density at radius 3 is 2.15 bits per heavy atom. The van der Waals surface area contributed by atoms with Gasteiger partial charge in [-0.1, -0.05) is 70.4 Å². The topological polar surface area (TPSA) is 52.9 Å². The SMILES string of the molecule is CCCCCCCC/C=C\CCCCCCCC(=O)C1=NCCN1C(C)O. The normalized spacial score (nSPS) is 15.5. The Morgan fingerprint density at radius 1 is 1.00 bits per heavy atom. The molecule has 1 N–H and O–H groups in total. The number of rotatable bonds is 17. The molecular formula is C23H42N2O2. The summed E-state index contributed by atoms with van der Waals surface area (Å²) in [6.45, 7) is 5.24. The fourth-order valence-electron chi connectivity index (χ4n) is 3.54. The molecule has 4 nitrogen and oxygen atoms in total. The van der Waals surface area contributed by atoms with Gasteiger partial charge in [0.25, 0.3) is 0 Å². The highest BCUT2D eigenvalue weighted by atomic mass is 16.3. The fraction of sp³-hybridized carbons (Fsp3) is 0.826. The van der Waals surface area contributed by atoms with E-state index in [1.54, 1.807) is 11.8 Å². The van der Waals surface area contributed by atoms with Crippen molar-refractivity contribution in [2.45, 2.75) is 110 Å². The molecule has 0 aliphatic carbocycles. The third kappa shape index (κ3) is 11.3. The molecule has 4 heteroatoms. The van der Waals surface area contributed by atoms with Gasteiger partial charge < -0.3 is 10.0 Å². The first-order chi connectivity index (χ1) is 13.2. The molecule has 0 saturated carbocycles. The molecule has 0 fully saturated rings. The summed E-state index contributed by atoms with van der Waals surface area (Å²) in [5.74, 6) is 0.575. The van der Waals surface area contributed by atoms with Crippen LogP contribution in [0.4, 0.5) is 0 Å². The highest BCUT2D eigenvalue weighted by molar-refractivity contribution is 6.39. The van der Waals surface area contributed by atoms with Crippen LogP contribution >= 0.6 is 0 Å². The molecule has 1 unspecified atom stereocenters. The lowest BCUT2D eigenvalue weighted by Gasteiger charge is -2.22. The van der Waals surface area contributed by atoms with Gasteiger partial charge in [0.2, 0.25) is 0 Å². The van der Waals surface area contributed by atoms with Gasteiger partial charge in [0.1, 0.15) is 6.23 Å². The quantitative estimate of drug-likeness (QED) is 0.263. The molecule has 0 aromatic carbocycles. The first-order valence-electron chi connectivity index (χ1n) is 11.3. The zero-order valence-corrected chi connectivity index (χ0v) is 17.8. The molecular weight excluding hydrogens is 336 g/mol. The van der Waals surface area contributed by atoms with Crippen LogP contribution in [-0.4, -0.2) is 40.9 Å². The molecule has 0 saturated heterocycles. The highest BCUT2D eigenvalue weighted by Gasteiger charge is 2.25. The zero-order valence-electron chi connectivity index (χ0n) is 17.8. The van der Waals surface area contributed by atoms with E-state index in [9.17, 15) is 9.90 Å². The van der Waals surface area contributed by atoms with Crippen molar-refractivity contribution < 1.29 is 9.90 Å². The average molecular weight is 379 g/mol. The number of allylic oxidation sites excluding steroid dienone is 2. The van der Waals surface area contributed by atoms with Crippen LogP contribution in [0.25, 0.3) is 0 Å². The molecule has 1 atom stereocenters. The number of aliphatic hydroxyl groups excluding tert-OH is 1. The third-order valence-electron chi connectivity index (χ3n) is 5.24. The highest BCUT2D eigenvalue weighted by Crippen LogP contribution is 2.12. The lowest BCUT2D eigenvalue weighted by Crippen LogP contribution is -2.39. The number of ketones is 1. The Bertz CT molecular complexity index is 444. The van der Waals surface area contributed by atoms with Gasteiger partial charge in [-0.25, -0.2) is 0 Å². The van der Waals surface area contributed by atoms with E-state index in [4.69, 9.17) is 0 Å². The predicted octanol–water partition coefficient (Wildman–Crippen LogP) is 5.65. The standard InChI is InChI=1S/C23H42N2O2/c1-3-4-5-6-7-8-9-10-11-12-13-14-15-16-17-18-22(27)23-24-19-20-25(23)21(2)26/h10-11,21,26H,3-9,12-20H2,1-2H3/b11-10-. The monoisotopic (exact) mass is 378 g/mol. The average Bonchev–Trinajstić information content (AvgIpc) is 3.15. The molecule has 1 rings (SSSR count). The number of hydrogen-bond acceptors (Lipinski definition) is 4. The minimum Gasteiger partial charge on any atom is -0.374 e. The second-order valence-corrected chi connectivity index (χ2v) is 7.79. The molecule has 1 aliphatic heterocycles. The predicted molar refractivity (Wildman–Crippen MR) is 115 cm³/mol. The summed E-state index contributed by atoms with van der Waals surface area (Å²) in [5, 5.41) is 9.66. The van der Waals surface area contributed by atoms with Crippen molar-refractivity contribution in [1.29, 1.82) is 0 Å². The van der Waals surface area contributed by atoms with E-state index >= 15 is 0 Å². The van der Waals surface area contributed by atoms with E-state index in [1.165, 1.54) is 70.6 Å². The van der Waals surface area contributed by atoms with E-state index in [2.05, 4.69) is 24.1 Å². The summed E-state index contributed by atoms with van der Waals surface area (Å²) in [4.78, 5) is 18.2. The Hall–Kier alpha value is -1.16. The van der Waals surface area contributed by atoms with Crippen molar-refractivity contribution >= 4 is 11.6 Å². The lowest BCUT2D eigenvalue weighted by atomic mass is 10.1. The molecule has 0 aromatic rings. The van der Waals surface area contributed by atoms with Crippen LogP contribution in [0.1, 0.15) is 104 Å². The number of amidine groups is 1. The van der Waals surface area contributed by atoms with Crippen LogP contribution in [0.3, 0.4) is 0 Å². The van der Waals surface area contributed by atoms with Crippen LogP contribution < -0.4 is 0 Å². The van der Waals surface area contributed by atoms with Crippen LogP contribution in [-0.2, 0) is 4.79 Å². The summed E-state index contributed by atoms with van der Waals surface area (Å²) >= 11 is 0. The van der Waals surface area contributed by atoms with Gasteiger partial charge in [0.15, 0.2) is 11.6 Å². The molecule has 156 valence electrons. The van der Waals surface area contributed by atoms with Crippen molar-refractivity contribution in [3.8, 4) is 0 Å². The minimum atomic E-state index is -0.621. The van der Waals surface area contributed by atoms with E-state index in [0.717, 1.165) is 12.8 Å². The fourth-order valence-corrected chi connectivity index (χ4v) is 3.54. The number of aliphatic imine (C=N–C) groups is 1. The summed E-state index contributed by atoms with van der Waals surface area (Å²) < 4.78 is 0. The van der Waals surface area contributed by atoms with Gasteiger partial charge >= 0.3 is 0 Å². The van der Waals surface area contributed by atoms with Crippen molar-refractivity contribution in [3.05, 3.63) is 12.2 Å².